The third-order valence-electron chi connectivity index (χ3n) is 3.92. The maximum absolute atomic E-state index is 13.8. The molecule has 2 rings (SSSR count). The first kappa shape index (κ1) is 16.5. The van der Waals surface area contributed by atoms with Gasteiger partial charge in [-0.1, -0.05) is 30.7 Å². The maximum Gasteiger partial charge on any atom is 0.303 e. The normalized spacial score (nSPS) is 22.1. The van der Waals surface area contributed by atoms with Crippen molar-refractivity contribution < 1.29 is 23.4 Å². The van der Waals surface area contributed by atoms with Gasteiger partial charge >= 0.3 is 5.97 Å². The number of alkyl halides is 2. The lowest BCUT2D eigenvalue weighted by molar-refractivity contribution is -0.138. The Kier molecular flexibility index (Phi) is 5.52. The van der Waals surface area contributed by atoms with E-state index < -0.39 is 18.5 Å². The highest BCUT2D eigenvalue weighted by Gasteiger charge is 2.30. The average Bonchev–Trinajstić information content (AvgIpc) is 2.91. The van der Waals surface area contributed by atoms with Gasteiger partial charge in [-0.25, -0.2) is 0 Å². The van der Waals surface area contributed by atoms with E-state index in [1.807, 2.05) is 0 Å². The van der Waals surface area contributed by atoms with Gasteiger partial charge < -0.3 is 9.84 Å². The zero-order chi connectivity index (χ0) is 16.0. The number of carboxylic acid groups (broad SMARTS) is 1. The van der Waals surface area contributed by atoms with Crippen LogP contribution >= 0.6 is 0 Å². The number of aliphatic carboxylic acids is 1. The van der Waals surface area contributed by atoms with Crippen molar-refractivity contribution in [2.24, 2.45) is 11.8 Å². The highest BCUT2D eigenvalue weighted by Crippen LogP contribution is 2.35. The number of carbonyl (C=O) groups is 1. The van der Waals surface area contributed by atoms with Crippen molar-refractivity contribution in [3.05, 3.63) is 42.5 Å². The third kappa shape index (κ3) is 5.13. The molecule has 2 atom stereocenters. The third-order valence-corrected chi connectivity index (χ3v) is 3.92. The molecule has 0 radical (unpaired) electrons. The first-order chi connectivity index (χ1) is 10.5. The summed E-state index contributed by atoms with van der Waals surface area (Å²) in [6.45, 7) is -0.718. The quantitative estimate of drug-likeness (QED) is 0.770. The van der Waals surface area contributed by atoms with Crippen LogP contribution in [0, 0.1) is 11.8 Å². The van der Waals surface area contributed by atoms with Gasteiger partial charge in [0.2, 0.25) is 0 Å². The van der Waals surface area contributed by atoms with E-state index in [4.69, 9.17) is 9.84 Å². The molecular weight excluding hydrogens is 290 g/mol. The van der Waals surface area contributed by atoms with Crippen molar-refractivity contribution in [3.63, 3.8) is 0 Å². The van der Waals surface area contributed by atoms with Crippen molar-refractivity contribution in [2.75, 3.05) is 6.61 Å². The summed E-state index contributed by atoms with van der Waals surface area (Å²) in [6, 6.07) is 8.48. The van der Waals surface area contributed by atoms with Gasteiger partial charge in [0.15, 0.2) is 6.61 Å². The van der Waals surface area contributed by atoms with Crippen molar-refractivity contribution in [1.29, 1.82) is 0 Å². The standard InChI is InChI=1S/C17H20F2O3/c18-17(19,12-22-15-7-2-1-3-8-15)10-9-13-5-4-6-14(13)11-16(20)21/h1-3,7-10,13-14H,4-6,11-12H2,(H,20,21)/b10-9+/t13?,14-/m1/s1. The summed E-state index contributed by atoms with van der Waals surface area (Å²) in [5, 5.41) is 8.84. The molecule has 0 aromatic heterocycles. The fourth-order valence-electron chi connectivity index (χ4n) is 2.81. The molecule has 1 aromatic rings. The molecule has 1 unspecified atom stereocenters. The first-order valence-corrected chi connectivity index (χ1v) is 7.43. The number of para-hydroxylation sites is 1. The molecule has 0 heterocycles. The van der Waals surface area contributed by atoms with Gasteiger partial charge in [0.05, 0.1) is 0 Å². The molecule has 1 saturated carbocycles. The van der Waals surface area contributed by atoms with Crippen LogP contribution in [-0.2, 0) is 4.79 Å². The second-order valence-electron chi connectivity index (χ2n) is 5.67. The van der Waals surface area contributed by atoms with E-state index in [9.17, 15) is 13.6 Å². The Morgan fingerprint density at radius 2 is 2.05 bits per heavy atom. The highest BCUT2D eigenvalue weighted by atomic mass is 19.3. The van der Waals surface area contributed by atoms with Crippen LogP contribution in [0.15, 0.2) is 42.5 Å². The van der Waals surface area contributed by atoms with Crippen LogP contribution in [0.5, 0.6) is 5.75 Å². The molecule has 1 aliphatic carbocycles. The monoisotopic (exact) mass is 310 g/mol. The Balaban J connectivity index is 1.88. The number of hydrogen-bond acceptors (Lipinski definition) is 2. The van der Waals surface area contributed by atoms with E-state index in [1.54, 1.807) is 30.3 Å². The van der Waals surface area contributed by atoms with Crippen molar-refractivity contribution >= 4 is 5.97 Å². The summed E-state index contributed by atoms with van der Waals surface area (Å²) in [4.78, 5) is 10.8. The highest BCUT2D eigenvalue weighted by molar-refractivity contribution is 5.67. The second-order valence-corrected chi connectivity index (χ2v) is 5.67. The summed E-state index contributed by atoms with van der Waals surface area (Å²) in [5.74, 6) is -3.66. The van der Waals surface area contributed by atoms with Gasteiger partial charge in [-0.05, 0) is 42.9 Å². The molecule has 0 amide bonds. The average molecular weight is 310 g/mol. The summed E-state index contributed by atoms with van der Waals surface area (Å²) < 4.78 is 32.7. The molecule has 0 aliphatic heterocycles. The van der Waals surface area contributed by atoms with Gasteiger partial charge in [-0.3, -0.25) is 4.79 Å². The van der Waals surface area contributed by atoms with E-state index in [0.717, 1.165) is 25.3 Å². The fourth-order valence-corrected chi connectivity index (χ4v) is 2.81. The Labute approximate surface area is 128 Å². The fraction of sp³-hybridized carbons (Fsp3) is 0.471. The maximum atomic E-state index is 13.8. The van der Waals surface area contributed by atoms with Crippen LogP contribution in [0.25, 0.3) is 0 Å². The molecule has 3 nitrogen and oxygen atoms in total. The molecule has 1 fully saturated rings. The van der Waals surface area contributed by atoms with Gasteiger partial charge in [-0.2, -0.15) is 8.78 Å². The molecule has 1 aromatic carbocycles. The Bertz CT molecular complexity index is 514. The van der Waals surface area contributed by atoms with Crippen molar-refractivity contribution in [2.45, 2.75) is 31.6 Å². The van der Waals surface area contributed by atoms with Crippen molar-refractivity contribution in [3.8, 4) is 5.75 Å². The lowest BCUT2D eigenvalue weighted by Crippen LogP contribution is -2.23. The summed E-state index contributed by atoms with van der Waals surface area (Å²) in [5.41, 5.74) is 0. The topological polar surface area (TPSA) is 46.5 Å². The smallest absolute Gasteiger partial charge is 0.303 e. The predicted molar refractivity (Wildman–Crippen MR) is 79.1 cm³/mol. The number of ether oxygens (including phenoxy) is 1. The molecule has 1 aliphatic rings. The number of benzene rings is 1. The van der Waals surface area contributed by atoms with Crippen molar-refractivity contribution in [1.82, 2.24) is 0 Å². The number of hydrogen-bond donors (Lipinski definition) is 1. The van der Waals surface area contributed by atoms with Gasteiger partial charge in [0.25, 0.3) is 5.92 Å². The number of halogens is 2. The largest absolute Gasteiger partial charge is 0.487 e. The van der Waals surface area contributed by atoms with E-state index >= 15 is 0 Å². The molecule has 0 bridgehead atoms. The predicted octanol–water partition coefficient (Wildman–Crippen LogP) is 4.15. The van der Waals surface area contributed by atoms with Crippen LogP contribution < -0.4 is 4.74 Å². The summed E-state index contributed by atoms with van der Waals surface area (Å²) in [6.07, 6.45) is 4.81. The number of allylic oxidation sites excluding steroid dienone is 1. The minimum absolute atomic E-state index is 0.0420. The minimum Gasteiger partial charge on any atom is -0.487 e. The molecule has 22 heavy (non-hydrogen) atoms. The van der Waals surface area contributed by atoms with Gasteiger partial charge in [0, 0.05) is 6.42 Å². The zero-order valence-electron chi connectivity index (χ0n) is 12.3. The van der Waals surface area contributed by atoms with E-state index in [-0.39, 0.29) is 18.3 Å². The SMILES string of the molecule is O=C(O)C[C@H]1CCCC1/C=C/C(F)(F)COc1ccccc1. The van der Waals surface area contributed by atoms with Crippen LogP contribution in [0.1, 0.15) is 25.7 Å². The van der Waals surface area contributed by atoms with E-state index in [1.165, 1.54) is 6.08 Å². The number of rotatable bonds is 7. The van der Waals surface area contributed by atoms with Crippen LogP contribution in [0.4, 0.5) is 8.78 Å². The molecular formula is C17H20F2O3. The van der Waals surface area contributed by atoms with E-state index in [2.05, 4.69) is 0 Å². The van der Waals surface area contributed by atoms with Crippen LogP contribution in [0.2, 0.25) is 0 Å². The van der Waals surface area contributed by atoms with Crippen LogP contribution in [-0.4, -0.2) is 23.6 Å². The second kappa shape index (κ2) is 7.38. The summed E-state index contributed by atoms with van der Waals surface area (Å²) in [7, 11) is 0. The zero-order valence-corrected chi connectivity index (χ0v) is 12.3. The lowest BCUT2D eigenvalue weighted by atomic mass is 9.92. The Hall–Kier alpha value is -1.91. The van der Waals surface area contributed by atoms with Crippen LogP contribution in [0.3, 0.4) is 0 Å². The van der Waals surface area contributed by atoms with Gasteiger partial charge in [0.1, 0.15) is 5.75 Å². The molecule has 0 saturated heterocycles. The molecule has 0 spiro atoms. The first-order valence-electron chi connectivity index (χ1n) is 7.43. The van der Waals surface area contributed by atoms with E-state index in [0.29, 0.717) is 5.75 Å². The summed E-state index contributed by atoms with van der Waals surface area (Å²) >= 11 is 0. The molecule has 5 heteroatoms. The molecule has 120 valence electrons. The lowest BCUT2D eigenvalue weighted by Gasteiger charge is -2.17. The minimum atomic E-state index is -3.06. The molecule has 1 N–H and O–H groups in total. The Morgan fingerprint density at radius 3 is 2.73 bits per heavy atom. The Morgan fingerprint density at radius 1 is 1.32 bits per heavy atom. The van der Waals surface area contributed by atoms with Gasteiger partial charge in [-0.15, -0.1) is 0 Å². The number of carboxylic acids is 1.